The van der Waals surface area contributed by atoms with Crippen LogP contribution in [0.25, 0.3) is 0 Å². The molecule has 1 amide bonds. The lowest BCUT2D eigenvalue weighted by Gasteiger charge is -2.10. The third-order valence-corrected chi connectivity index (χ3v) is 4.11. The maximum absolute atomic E-state index is 12.3. The van der Waals surface area contributed by atoms with E-state index in [-0.39, 0.29) is 34.3 Å². The molecule has 3 aromatic rings. The molecule has 0 atom stereocenters. The summed E-state index contributed by atoms with van der Waals surface area (Å²) in [7, 11) is 2.78. The van der Waals surface area contributed by atoms with Gasteiger partial charge in [-0.3, -0.25) is 14.9 Å². The van der Waals surface area contributed by atoms with Crippen molar-refractivity contribution >= 4 is 23.8 Å². The van der Waals surface area contributed by atoms with Gasteiger partial charge in [-0.2, -0.15) is 5.10 Å². The van der Waals surface area contributed by atoms with Crippen LogP contribution in [0.15, 0.2) is 53.9 Å². The highest BCUT2D eigenvalue weighted by atomic mass is 16.6. The van der Waals surface area contributed by atoms with Gasteiger partial charge in [0.1, 0.15) is 0 Å². The minimum absolute atomic E-state index is 0.121. The average molecular weight is 439 g/mol. The van der Waals surface area contributed by atoms with Crippen LogP contribution in [0.4, 0.5) is 5.69 Å². The number of nitrogens with one attached hydrogen (secondary N) is 2. The topological polar surface area (TPSA) is 158 Å². The van der Waals surface area contributed by atoms with Crippen LogP contribution in [0, 0.1) is 10.1 Å². The number of hydrogen-bond acceptors (Lipinski definition) is 9. The molecule has 0 bridgehead atoms. The summed E-state index contributed by atoms with van der Waals surface area (Å²) in [5, 5.41) is 14.6. The van der Waals surface area contributed by atoms with Crippen molar-refractivity contribution < 1.29 is 28.7 Å². The van der Waals surface area contributed by atoms with Gasteiger partial charge in [-0.1, -0.05) is 0 Å². The van der Waals surface area contributed by atoms with Crippen molar-refractivity contribution in [3.63, 3.8) is 0 Å². The molecule has 0 fully saturated rings. The number of H-pyrrole nitrogens is 1. The van der Waals surface area contributed by atoms with Gasteiger partial charge < -0.3 is 19.2 Å². The van der Waals surface area contributed by atoms with Crippen molar-refractivity contribution in [1.82, 2.24) is 15.4 Å². The standard InChI is InChI=1S/C20H17N5O7/c1-30-16-9-12(10-23-24-18(26)17-19(31-2)22-11-21-17)3-8-15(16)32-20(27)13-4-6-14(7-5-13)25(28)29/h3-11H,1-2H3,(H,21,22)(H,24,26). The molecule has 1 heterocycles. The molecule has 0 unspecified atom stereocenters. The first kappa shape index (κ1) is 22.0. The Balaban J connectivity index is 1.67. The Bertz CT molecular complexity index is 1170. The number of nitrogens with zero attached hydrogens (tertiary/aromatic N) is 3. The molecule has 164 valence electrons. The van der Waals surface area contributed by atoms with Gasteiger partial charge in [-0.15, -0.1) is 0 Å². The minimum atomic E-state index is -0.708. The van der Waals surface area contributed by atoms with Crippen molar-refractivity contribution in [1.29, 1.82) is 0 Å². The lowest BCUT2D eigenvalue weighted by Crippen LogP contribution is -2.18. The number of non-ortho nitro benzene ring substituents is 1. The van der Waals surface area contributed by atoms with Gasteiger partial charge in [-0.05, 0) is 35.9 Å². The number of esters is 1. The van der Waals surface area contributed by atoms with Crippen molar-refractivity contribution in [2.24, 2.45) is 5.10 Å². The van der Waals surface area contributed by atoms with Gasteiger partial charge >= 0.3 is 5.97 Å². The third-order valence-electron chi connectivity index (χ3n) is 4.11. The second-order valence-corrected chi connectivity index (χ2v) is 6.09. The van der Waals surface area contributed by atoms with Crippen LogP contribution in [-0.4, -0.2) is 47.2 Å². The van der Waals surface area contributed by atoms with E-state index in [0.717, 1.165) is 0 Å². The summed E-state index contributed by atoms with van der Waals surface area (Å²) in [5.74, 6) is -0.736. The summed E-state index contributed by atoms with van der Waals surface area (Å²) >= 11 is 0. The molecule has 0 spiro atoms. The number of benzene rings is 2. The zero-order valence-electron chi connectivity index (χ0n) is 16.9. The van der Waals surface area contributed by atoms with Crippen molar-refractivity contribution in [2.75, 3.05) is 14.2 Å². The van der Waals surface area contributed by atoms with Crippen LogP contribution >= 0.6 is 0 Å². The summed E-state index contributed by atoms with van der Waals surface area (Å²) in [5.41, 5.74) is 3.00. The number of hydrogen-bond donors (Lipinski definition) is 2. The minimum Gasteiger partial charge on any atom is -0.493 e. The summed E-state index contributed by atoms with van der Waals surface area (Å²) in [6.45, 7) is 0. The summed E-state index contributed by atoms with van der Waals surface area (Å²) < 4.78 is 15.5. The highest BCUT2D eigenvalue weighted by Gasteiger charge is 2.15. The second-order valence-electron chi connectivity index (χ2n) is 6.09. The van der Waals surface area contributed by atoms with Crippen LogP contribution in [0.2, 0.25) is 0 Å². The monoisotopic (exact) mass is 439 g/mol. The Kier molecular flexibility index (Phi) is 6.75. The van der Waals surface area contributed by atoms with Gasteiger partial charge in [0.25, 0.3) is 11.6 Å². The Morgan fingerprint density at radius 3 is 2.53 bits per heavy atom. The molecule has 3 rings (SSSR count). The van der Waals surface area contributed by atoms with Crippen molar-refractivity contribution in [3.05, 3.63) is 75.7 Å². The number of aromatic amines is 1. The molecule has 0 aliphatic rings. The molecule has 0 aliphatic heterocycles. The third kappa shape index (κ3) is 5.05. The van der Waals surface area contributed by atoms with E-state index in [1.807, 2.05) is 0 Å². The van der Waals surface area contributed by atoms with Crippen LogP contribution in [0.3, 0.4) is 0 Å². The number of imidazole rings is 1. The molecule has 0 saturated carbocycles. The van der Waals surface area contributed by atoms with Gasteiger partial charge in [0, 0.05) is 12.1 Å². The first-order valence-corrected chi connectivity index (χ1v) is 8.98. The molecular formula is C20H17N5O7. The van der Waals surface area contributed by atoms with E-state index in [1.54, 1.807) is 12.1 Å². The van der Waals surface area contributed by atoms with Crippen molar-refractivity contribution in [2.45, 2.75) is 0 Å². The predicted molar refractivity (Wildman–Crippen MR) is 111 cm³/mol. The molecular weight excluding hydrogens is 422 g/mol. The molecule has 2 N–H and O–H groups in total. The van der Waals surface area contributed by atoms with E-state index >= 15 is 0 Å². The number of nitro benzene ring substituents is 1. The van der Waals surface area contributed by atoms with E-state index in [4.69, 9.17) is 14.2 Å². The lowest BCUT2D eigenvalue weighted by atomic mass is 10.2. The van der Waals surface area contributed by atoms with Gasteiger partial charge in [0.15, 0.2) is 17.2 Å². The number of amides is 1. The maximum atomic E-state index is 12.3. The summed E-state index contributed by atoms with van der Waals surface area (Å²) in [6, 6.07) is 9.64. The molecule has 0 saturated heterocycles. The van der Waals surface area contributed by atoms with E-state index in [1.165, 1.54) is 57.1 Å². The van der Waals surface area contributed by atoms with Crippen molar-refractivity contribution in [3.8, 4) is 17.4 Å². The molecule has 12 nitrogen and oxygen atoms in total. The molecule has 0 radical (unpaired) electrons. The van der Waals surface area contributed by atoms with Gasteiger partial charge in [0.05, 0.1) is 37.2 Å². The number of aromatic nitrogens is 2. The number of ether oxygens (including phenoxy) is 3. The SMILES string of the molecule is COc1cc(C=NNC(=O)c2[nH]cnc2OC)ccc1OC(=O)c1ccc([N+](=O)[O-])cc1. The zero-order chi connectivity index (χ0) is 23.1. The quantitative estimate of drug-likeness (QED) is 0.178. The molecule has 32 heavy (non-hydrogen) atoms. The highest BCUT2D eigenvalue weighted by molar-refractivity contribution is 5.95. The van der Waals surface area contributed by atoms with E-state index in [9.17, 15) is 19.7 Å². The average Bonchev–Trinajstić information content (AvgIpc) is 3.29. The van der Waals surface area contributed by atoms with E-state index < -0.39 is 16.8 Å². The Morgan fingerprint density at radius 2 is 1.88 bits per heavy atom. The van der Waals surface area contributed by atoms with Crippen LogP contribution < -0.4 is 19.6 Å². The lowest BCUT2D eigenvalue weighted by molar-refractivity contribution is -0.384. The number of carbonyl (C=O) groups excluding carboxylic acids is 2. The van der Waals surface area contributed by atoms with Crippen LogP contribution in [0.1, 0.15) is 26.4 Å². The van der Waals surface area contributed by atoms with Gasteiger partial charge in [-0.25, -0.2) is 15.2 Å². The fourth-order valence-electron chi connectivity index (χ4n) is 2.55. The number of carbonyl (C=O) groups is 2. The number of nitro groups is 1. The normalized spacial score (nSPS) is 10.6. The van der Waals surface area contributed by atoms with E-state index in [2.05, 4.69) is 20.5 Å². The maximum Gasteiger partial charge on any atom is 0.343 e. The summed E-state index contributed by atoms with van der Waals surface area (Å²) in [4.78, 5) is 41.0. The predicted octanol–water partition coefficient (Wildman–Crippen LogP) is 2.32. The first-order valence-electron chi connectivity index (χ1n) is 8.98. The Hall–Kier alpha value is -4.74. The highest BCUT2D eigenvalue weighted by Crippen LogP contribution is 2.28. The van der Waals surface area contributed by atoms with E-state index in [0.29, 0.717) is 5.56 Å². The molecule has 1 aromatic heterocycles. The Labute approximate surface area is 181 Å². The van der Waals surface area contributed by atoms with Gasteiger partial charge in [0.2, 0.25) is 5.88 Å². The number of rotatable bonds is 8. The number of methoxy groups -OCH3 is 2. The number of hydrazone groups is 1. The second kappa shape index (κ2) is 9.84. The zero-order valence-corrected chi connectivity index (χ0v) is 16.9. The molecule has 0 aliphatic carbocycles. The summed E-state index contributed by atoms with van der Waals surface area (Å²) in [6.07, 6.45) is 2.68. The fraction of sp³-hybridized carbons (Fsp3) is 0.100. The molecule has 2 aromatic carbocycles. The fourth-order valence-corrected chi connectivity index (χ4v) is 2.55. The molecule has 12 heteroatoms. The Morgan fingerprint density at radius 1 is 1.12 bits per heavy atom. The first-order chi connectivity index (χ1) is 15.4. The smallest absolute Gasteiger partial charge is 0.343 e. The van der Waals surface area contributed by atoms with Crippen LogP contribution in [0.5, 0.6) is 17.4 Å². The van der Waals surface area contributed by atoms with Crippen LogP contribution in [-0.2, 0) is 0 Å². The largest absolute Gasteiger partial charge is 0.493 e.